The number of amides is 1. The molecule has 4 fully saturated rings. The van der Waals surface area contributed by atoms with Crippen LogP contribution in [-0.2, 0) is 10.2 Å². The van der Waals surface area contributed by atoms with Crippen LogP contribution in [0.25, 0.3) is 0 Å². The van der Waals surface area contributed by atoms with Crippen LogP contribution in [0.3, 0.4) is 0 Å². The van der Waals surface area contributed by atoms with E-state index in [0.29, 0.717) is 23.8 Å². The van der Waals surface area contributed by atoms with Crippen LogP contribution in [0.1, 0.15) is 42.9 Å². The summed E-state index contributed by atoms with van der Waals surface area (Å²) in [5.41, 5.74) is 10.4. The van der Waals surface area contributed by atoms with Gasteiger partial charge in [-0.1, -0.05) is 6.07 Å². The third-order valence-corrected chi connectivity index (χ3v) is 10.1. The summed E-state index contributed by atoms with van der Waals surface area (Å²) in [5, 5.41) is 0. The Morgan fingerprint density at radius 1 is 1.05 bits per heavy atom. The summed E-state index contributed by atoms with van der Waals surface area (Å²) in [6.07, 6.45) is 6.50. The second kappa shape index (κ2) is 8.68. The molecule has 6 atom stereocenters. The summed E-state index contributed by atoms with van der Waals surface area (Å²) in [4.78, 5) is 24.9. The van der Waals surface area contributed by atoms with Gasteiger partial charge in [-0.05, 0) is 85.9 Å². The number of carbonyl (C=O) groups excluding carboxylic acids is 1. The number of aromatic nitrogens is 1. The van der Waals surface area contributed by atoms with Crippen LogP contribution < -0.4 is 25.4 Å². The van der Waals surface area contributed by atoms with Gasteiger partial charge in [0.25, 0.3) is 0 Å². The zero-order valence-electron chi connectivity index (χ0n) is 22.1. The second-order valence-electron chi connectivity index (χ2n) is 11.9. The minimum absolute atomic E-state index is 0.268. The highest BCUT2D eigenvalue weighted by atomic mass is 16.5. The molecule has 1 aromatic heterocycles. The normalized spacial score (nSPS) is 35.1. The Hall–Kier alpha value is -2.68. The van der Waals surface area contributed by atoms with E-state index in [1.54, 1.807) is 7.11 Å². The lowest BCUT2D eigenvalue weighted by atomic mass is 9.72. The zero-order chi connectivity index (χ0) is 25.3. The molecule has 2 aliphatic carbocycles. The van der Waals surface area contributed by atoms with E-state index >= 15 is 0 Å². The molecule has 37 heavy (non-hydrogen) atoms. The molecule has 1 amide bonds. The van der Waals surface area contributed by atoms with Gasteiger partial charge in [-0.2, -0.15) is 0 Å². The van der Waals surface area contributed by atoms with E-state index in [2.05, 4.69) is 52.1 Å². The molecule has 1 spiro atoms. The third-order valence-electron chi connectivity index (χ3n) is 10.1. The lowest BCUT2D eigenvalue weighted by Gasteiger charge is -2.34. The number of hydrogen-bond donors (Lipinski definition) is 2. The third kappa shape index (κ3) is 3.60. The summed E-state index contributed by atoms with van der Waals surface area (Å²) < 4.78 is 5.51. The van der Waals surface area contributed by atoms with Gasteiger partial charge in [0, 0.05) is 51.2 Å². The molecule has 2 saturated carbocycles. The highest BCUT2D eigenvalue weighted by Gasteiger charge is 2.68. The second-order valence-corrected chi connectivity index (χ2v) is 11.9. The van der Waals surface area contributed by atoms with E-state index in [9.17, 15) is 4.79 Å². The lowest BCUT2D eigenvalue weighted by molar-refractivity contribution is -0.120. The number of carbonyl (C=O) groups is 1. The van der Waals surface area contributed by atoms with Crippen LogP contribution in [0.15, 0.2) is 36.5 Å². The van der Waals surface area contributed by atoms with Crippen molar-refractivity contribution in [3.05, 3.63) is 47.7 Å². The highest BCUT2D eigenvalue weighted by molar-refractivity contribution is 6.10. The maximum atomic E-state index is 13.5. The highest BCUT2D eigenvalue weighted by Crippen LogP contribution is 2.66. The molecule has 196 valence electrons. The molecule has 0 radical (unpaired) electrons. The number of benzene rings is 1. The number of fused-ring (bicyclic) bond motifs is 3. The summed E-state index contributed by atoms with van der Waals surface area (Å²) >= 11 is 0. The fourth-order valence-corrected chi connectivity index (χ4v) is 7.82. The summed E-state index contributed by atoms with van der Waals surface area (Å²) in [6, 6.07) is 11.3. The topological polar surface area (TPSA) is 73.0 Å². The number of nitrogens with zero attached hydrogens (tertiary/aromatic N) is 4. The molecule has 4 heterocycles. The number of piperazine rings is 1. The van der Waals surface area contributed by atoms with E-state index < -0.39 is 0 Å². The number of likely N-dealkylation sites (N-methyl/N-ethyl adjacent to an activating group) is 2. The first-order valence-corrected chi connectivity index (χ1v) is 13.9. The van der Waals surface area contributed by atoms with Crippen molar-refractivity contribution in [2.45, 2.75) is 43.2 Å². The number of hydrogen-bond acceptors (Lipinski definition) is 7. The van der Waals surface area contributed by atoms with Crippen molar-refractivity contribution in [2.75, 3.05) is 57.2 Å². The van der Waals surface area contributed by atoms with Gasteiger partial charge < -0.3 is 19.4 Å². The van der Waals surface area contributed by atoms with E-state index in [4.69, 9.17) is 9.72 Å². The van der Waals surface area contributed by atoms with E-state index in [0.717, 1.165) is 56.3 Å². The van der Waals surface area contributed by atoms with Crippen molar-refractivity contribution in [3.63, 3.8) is 0 Å². The monoisotopic (exact) mass is 502 g/mol. The van der Waals surface area contributed by atoms with Crippen molar-refractivity contribution in [3.8, 4) is 5.75 Å². The lowest BCUT2D eigenvalue weighted by Crippen LogP contribution is -2.44. The molecular formula is C29H38N6O2. The van der Waals surface area contributed by atoms with Gasteiger partial charge in [-0.3, -0.25) is 10.2 Å². The van der Waals surface area contributed by atoms with Crippen LogP contribution in [0.5, 0.6) is 5.75 Å². The van der Waals surface area contributed by atoms with Gasteiger partial charge >= 0.3 is 0 Å². The fraction of sp³-hybridized carbons (Fsp3) is 0.586. The van der Waals surface area contributed by atoms with Gasteiger partial charge in [0.05, 0.1) is 18.6 Å². The van der Waals surface area contributed by atoms with Crippen LogP contribution in [0, 0.1) is 17.8 Å². The molecule has 2 saturated heterocycles. The van der Waals surface area contributed by atoms with Gasteiger partial charge in [0.2, 0.25) is 5.91 Å². The van der Waals surface area contributed by atoms with E-state index in [1.165, 1.54) is 24.0 Å². The molecular weight excluding hydrogens is 464 g/mol. The van der Waals surface area contributed by atoms with Gasteiger partial charge in [-0.25, -0.2) is 10.4 Å². The Morgan fingerprint density at radius 3 is 2.65 bits per heavy atom. The summed E-state index contributed by atoms with van der Waals surface area (Å²) in [7, 11) is 5.80. The molecule has 2 N–H and O–H groups in total. The van der Waals surface area contributed by atoms with Crippen LogP contribution in [0.4, 0.5) is 11.5 Å². The number of anilines is 2. The number of ether oxygens (including phenoxy) is 1. The predicted molar refractivity (Wildman–Crippen MR) is 144 cm³/mol. The molecule has 1 aromatic carbocycles. The molecule has 2 aromatic rings. The average molecular weight is 503 g/mol. The minimum Gasteiger partial charge on any atom is -0.497 e. The Bertz CT molecular complexity index is 1200. The van der Waals surface area contributed by atoms with Crippen LogP contribution in [0.2, 0.25) is 0 Å². The van der Waals surface area contributed by atoms with Crippen molar-refractivity contribution in [2.24, 2.45) is 17.8 Å². The summed E-state index contributed by atoms with van der Waals surface area (Å²) in [5.74, 6) is 3.72. The minimum atomic E-state index is -0.343. The fourth-order valence-electron chi connectivity index (χ4n) is 7.82. The molecule has 3 aliphatic heterocycles. The number of pyridine rings is 1. The van der Waals surface area contributed by atoms with Crippen molar-refractivity contribution in [1.82, 2.24) is 20.7 Å². The smallest absolute Gasteiger partial charge is 0.237 e. The Kier molecular flexibility index (Phi) is 5.50. The maximum absolute atomic E-state index is 13.5. The van der Waals surface area contributed by atoms with Crippen LogP contribution in [-0.4, -0.2) is 69.2 Å². The Morgan fingerprint density at radius 2 is 1.89 bits per heavy atom. The zero-order valence-corrected chi connectivity index (χ0v) is 22.1. The molecule has 5 aliphatic rings. The molecule has 7 rings (SSSR count). The number of hydrazine groups is 1. The van der Waals surface area contributed by atoms with Crippen molar-refractivity contribution < 1.29 is 9.53 Å². The first kappa shape index (κ1) is 23.4. The maximum Gasteiger partial charge on any atom is 0.237 e. The van der Waals surface area contributed by atoms with Crippen molar-refractivity contribution in [1.29, 1.82) is 0 Å². The first-order valence-electron chi connectivity index (χ1n) is 13.9. The van der Waals surface area contributed by atoms with Gasteiger partial charge in [0.1, 0.15) is 11.6 Å². The van der Waals surface area contributed by atoms with E-state index in [-0.39, 0.29) is 17.4 Å². The molecule has 8 nitrogen and oxygen atoms in total. The quantitative estimate of drug-likeness (QED) is 0.666. The SMILES string of the molecule is COc1ccc2c(c1)[C@]1(CC1C1CCC3C(C1)NNC3c1ccc(N3CCN(C)CC3)nc1)C(=O)N2C. The first-order chi connectivity index (χ1) is 18.0. The van der Waals surface area contributed by atoms with E-state index in [1.807, 2.05) is 24.1 Å². The molecule has 0 bridgehead atoms. The van der Waals surface area contributed by atoms with Crippen LogP contribution >= 0.6 is 0 Å². The number of nitrogens with one attached hydrogen (secondary N) is 2. The van der Waals surface area contributed by atoms with Gasteiger partial charge in [0.15, 0.2) is 0 Å². The predicted octanol–water partition coefficient (Wildman–Crippen LogP) is 2.71. The number of rotatable bonds is 4. The largest absolute Gasteiger partial charge is 0.497 e. The molecule has 5 unspecified atom stereocenters. The average Bonchev–Trinajstić information content (AvgIpc) is 3.50. The Balaban J connectivity index is 1.04. The summed E-state index contributed by atoms with van der Waals surface area (Å²) in [6.45, 7) is 4.25. The van der Waals surface area contributed by atoms with Crippen molar-refractivity contribution >= 4 is 17.4 Å². The van der Waals surface area contributed by atoms with Gasteiger partial charge in [-0.15, -0.1) is 0 Å². The Labute approximate surface area is 219 Å². The molecule has 8 heteroatoms. The standard InChI is InChI=1S/C29H38N6O2/c1-33-10-12-35(13-11-33)26-9-5-19(17-30-26)27-21-7-4-18(14-24(21)31-32-27)23-16-29(23)22-15-20(37-3)6-8-25(22)34(2)28(29)36/h5-6,8-9,15,17-18,21,23-24,27,31-32H,4,7,10-14,16H2,1-3H3/t18?,21?,23?,24?,27?,29-/m0/s1. The number of methoxy groups -OCH3 is 1.